The van der Waals surface area contributed by atoms with Gasteiger partial charge in [0.25, 0.3) is 0 Å². The van der Waals surface area contributed by atoms with Crippen LogP contribution < -0.4 is 10.1 Å². The number of fused-ring (bicyclic) bond motifs is 1. The highest BCUT2D eigenvalue weighted by molar-refractivity contribution is 5.66. The maximum atomic E-state index is 10.7. The third-order valence-electron chi connectivity index (χ3n) is 6.20. The van der Waals surface area contributed by atoms with E-state index in [2.05, 4.69) is 49.5 Å². The maximum absolute atomic E-state index is 10.7. The second-order valence-electron chi connectivity index (χ2n) is 9.67. The lowest BCUT2D eigenvalue weighted by atomic mass is 9.88. The first-order chi connectivity index (χ1) is 15.8. The Hall–Kier alpha value is -2.88. The van der Waals surface area contributed by atoms with Crippen LogP contribution in [0.5, 0.6) is 5.75 Å². The van der Waals surface area contributed by atoms with Gasteiger partial charge in [0.1, 0.15) is 24.5 Å². The zero-order valence-corrected chi connectivity index (χ0v) is 19.5. The van der Waals surface area contributed by atoms with E-state index in [1.165, 1.54) is 11.1 Å². The fraction of sp³-hybridized carbons (Fsp3) is 0.481. The van der Waals surface area contributed by atoms with E-state index in [1.807, 2.05) is 6.07 Å². The number of β-amino-alcohol motifs (C(OH)–C–C–N with tert-alkyl or cyclic N) is 1. The summed E-state index contributed by atoms with van der Waals surface area (Å²) in [5, 5.41) is 32.1. The molecular formula is C27H34N2O4. The first-order valence-corrected chi connectivity index (χ1v) is 11.6. The number of aliphatic hydroxyl groups is 1. The van der Waals surface area contributed by atoms with E-state index in [4.69, 9.17) is 9.84 Å². The van der Waals surface area contributed by atoms with Crippen molar-refractivity contribution in [2.75, 3.05) is 13.2 Å². The molecule has 0 saturated heterocycles. The average molecular weight is 451 g/mol. The van der Waals surface area contributed by atoms with Gasteiger partial charge in [-0.3, -0.25) is 4.79 Å². The van der Waals surface area contributed by atoms with Gasteiger partial charge in [-0.15, -0.1) is 0 Å². The van der Waals surface area contributed by atoms with Crippen molar-refractivity contribution in [3.05, 3.63) is 64.7 Å². The van der Waals surface area contributed by atoms with Gasteiger partial charge in [0.2, 0.25) is 0 Å². The van der Waals surface area contributed by atoms with Gasteiger partial charge in [-0.2, -0.15) is 5.26 Å². The van der Waals surface area contributed by atoms with E-state index in [0.29, 0.717) is 36.6 Å². The minimum atomic E-state index is -0.824. The average Bonchev–Trinajstić information content (AvgIpc) is 3.18. The van der Waals surface area contributed by atoms with Crippen molar-refractivity contribution in [2.24, 2.45) is 5.92 Å². The largest absolute Gasteiger partial charge is 0.489 e. The van der Waals surface area contributed by atoms with Gasteiger partial charge in [0, 0.05) is 18.5 Å². The summed E-state index contributed by atoms with van der Waals surface area (Å²) < 4.78 is 5.72. The lowest BCUT2D eigenvalue weighted by molar-refractivity contribution is -0.137. The van der Waals surface area contributed by atoms with E-state index in [1.54, 1.807) is 12.1 Å². The number of ether oxygens (including phenoxy) is 1. The number of aliphatic hydroxyl groups excluding tert-OH is 1. The van der Waals surface area contributed by atoms with Gasteiger partial charge in [-0.1, -0.05) is 30.3 Å². The second-order valence-corrected chi connectivity index (χ2v) is 9.67. The van der Waals surface area contributed by atoms with Crippen LogP contribution in [0, 0.1) is 17.2 Å². The molecule has 1 atom stereocenters. The Bertz CT molecular complexity index is 971. The summed E-state index contributed by atoms with van der Waals surface area (Å²) >= 11 is 0. The summed E-state index contributed by atoms with van der Waals surface area (Å²) in [7, 11) is 0. The maximum Gasteiger partial charge on any atom is 0.303 e. The van der Waals surface area contributed by atoms with Gasteiger partial charge in [-0.05, 0) is 80.7 Å². The van der Waals surface area contributed by atoms with Crippen LogP contribution in [-0.4, -0.2) is 41.0 Å². The predicted molar refractivity (Wildman–Crippen MR) is 127 cm³/mol. The summed E-state index contributed by atoms with van der Waals surface area (Å²) in [5.74, 6) is 0.210. The van der Waals surface area contributed by atoms with Crippen LogP contribution in [0.1, 0.15) is 55.4 Å². The first-order valence-electron chi connectivity index (χ1n) is 11.6. The van der Waals surface area contributed by atoms with E-state index in [0.717, 1.165) is 24.8 Å². The molecule has 0 aromatic heterocycles. The number of rotatable bonds is 12. The van der Waals surface area contributed by atoms with E-state index < -0.39 is 12.1 Å². The number of carbonyl (C=O) groups is 1. The molecule has 33 heavy (non-hydrogen) atoms. The molecule has 2 aromatic carbocycles. The molecule has 0 saturated carbocycles. The van der Waals surface area contributed by atoms with E-state index >= 15 is 0 Å². The van der Waals surface area contributed by atoms with Crippen LogP contribution in [0.15, 0.2) is 42.5 Å². The van der Waals surface area contributed by atoms with Gasteiger partial charge in [0.05, 0.1) is 5.56 Å². The number of nitriles is 1. The standard InChI is InChI=1S/C27H34N2O4/c1-27(2,15-20-13-21-7-3-4-8-22(21)14-20)29-17-24(30)18-33-25-11-10-19(12-23(25)16-28)6-5-9-26(31)32/h3-4,7-8,10-12,20,24,29-30H,5-6,9,13-15,17-18H2,1-2H3,(H,31,32). The molecule has 0 aliphatic heterocycles. The number of aliphatic carboxylic acids is 1. The summed E-state index contributed by atoms with van der Waals surface area (Å²) in [5.41, 5.74) is 4.09. The molecule has 0 spiro atoms. The molecular weight excluding hydrogens is 416 g/mol. The van der Waals surface area contributed by atoms with Crippen LogP contribution in [0.25, 0.3) is 0 Å². The Morgan fingerprint density at radius 3 is 2.58 bits per heavy atom. The molecule has 1 unspecified atom stereocenters. The lowest BCUT2D eigenvalue weighted by Crippen LogP contribution is -2.46. The summed E-state index contributed by atoms with van der Waals surface area (Å²) in [6.07, 6.45) is 3.75. The van der Waals surface area contributed by atoms with Crippen molar-refractivity contribution in [2.45, 2.75) is 64.0 Å². The summed E-state index contributed by atoms with van der Waals surface area (Å²) in [6.45, 7) is 4.83. The molecule has 176 valence electrons. The molecule has 0 fully saturated rings. The topological polar surface area (TPSA) is 103 Å². The van der Waals surface area contributed by atoms with Crippen molar-refractivity contribution >= 4 is 5.97 Å². The minimum absolute atomic E-state index is 0.0883. The van der Waals surface area contributed by atoms with Crippen molar-refractivity contribution in [1.29, 1.82) is 5.26 Å². The number of aryl methyl sites for hydroxylation is 1. The van der Waals surface area contributed by atoms with Crippen molar-refractivity contribution in [3.63, 3.8) is 0 Å². The van der Waals surface area contributed by atoms with Crippen LogP contribution >= 0.6 is 0 Å². The molecule has 1 aliphatic carbocycles. The molecule has 6 heteroatoms. The fourth-order valence-electron chi connectivity index (χ4n) is 4.62. The SMILES string of the molecule is CC(C)(CC1Cc2ccccc2C1)NCC(O)COc1ccc(CCCC(=O)O)cc1C#N. The zero-order chi connectivity index (χ0) is 23.8. The Morgan fingerprint density at radius 2 is 1.94 bits per heavy atom. The molecule has 0 heterocycles. The minimum Gasteiger partial charge on any atom is -0.489 e. The van der Waals surface area contributed by atoms with Crippen LogP contribution in [0.4, 0.5) is 0 Å². The number of nitrogens with zero attached hydrogens (tertiary/aromatic N) is 1. The normalized spacial score (nSPS) is 14.5. The van der Waals surface area contributed by atoms with Gasteiger partial charge < -0.3 is 20.3 Å². The third kappa shape index (κ3) is 7.59. The molecule has 0 amide bonds. The Labute approximate surface area is 196 Å². The number of carboxylic acids is 1. The smallest absolute Gasteiger partial charge is 0.303 e. The quantitative estimate of drug-likeness (QED) is 0.454. The first kappa shape index (κ1) is 24.8. The van der Waals surface area contributed by atoms with Gasteiger partial charge in [0.15, 0.2) is 0 Å². The number of benzene rings is 2. The third-order valence-corrected chi connectivity index (χ3v) is 6.20. The van der Waals surface area contributed by atoms with E-state index in [9.17, 15) is 15.2 Å². The summed E-state index contributed by atoms with van der Waals surface area (Å²) in [4.78, 5) is 10.7. The van der Waals surface area contributed by atoms with Crippen LogP contribution in [0.2, 0.25) is 0 Å². The Balaban J connectivity index is 1.43. The molecule has 0 bridgehead atoms. The molecule has 6 nitrogen and oxygen atoms in total. The van der Waals surface area contributed by atoms with Crippen molar-refractivity contribution in [1.82, 2.24) is 5.32 Å². The highest BCUT2D eigenvalue weighted by atomic mass is 16.5. The summed E-state index contributed by atoms with van der Waals surface area (Å²) in [6, 6.07) is 16.0. The molecule has 3 N–H and O–H groups in total. The van der Waals surface area contributed by atoms with Gasteiger partial charge >= 0.3 is 5.97 Å². The number of carboxylic acid groups (broad SMARTS) is 1. The van der Waals surface area contributed by atoms with Crippen molar-refractivity contribution in [3.8, 4) is 11.8 Å². The monoisotopic (exact) mass is 450 g/mol. The fourth-order valence-corrected chi connectivity index (χ4v) is 4.62. The number of nitrogens with one attached hydrogen (secondary N) is 1. The zero-order valence-electron chi connectivity index (χ0n) is 19.5. The lowest BCUT2D eigenvalue weighted by Gasteiger charge is -2.30. The highest BCUT2D eigenvalue weighted by Gasteiger charge is 2.28. The molecule has 0 radical (unpaired) electrons. The van der Waals surface area contributed by atoms with Crippen molar-refractivity contribution < 1.29 is 19.7 Å². The van der Waals surface area contributed by atoms with Crippen LogP contribution in [-0.2, 0) is 24.1 Å². The number of hydrogen-bond donors (Lipinski definition) is 3. The molecule has 1 aliphatic rings. The van der Waals surface area contributed by atoms with Crippen LogP contribution in [0.3, 0.4) is 0 Å². The molecule has 3 rings (SSSR count). The number of hydrogen-bond acceptors (Lipinski definition) is 5. The highest BCUT2D eigenvalue weighted by Crippen LogP contribution is 2.31. The van der Waals surface area contributed by atoms with Gasteiger partial charge in [-0.25, -0.2) is 0 Å². The predicted octanol–water partition coefficient (Wildman–Crippen LogP) is 3.88. The Morgan fingerprint density at radius 1 is 1.24 bits per heavy atom. The Kier molecular flexibility index (Phi) is 8.49. The van der Waals surface area contributed by atoms with E-state index in [-0.39, 0.29) is 18.6 Å². The molecule has 2 aromatic rings. The second kappa shape index (κ2) is 11.3.